The molecule has 144 valence electrons. The first-order chi connectivity index (χ1) is 12.9. The van der Waals surface area contributed by atoms with Crippen LogP contribution in [-0.2, 0) is 16.0 Å². The minimum atomic E-state index is -0.564. The van der Waals surface area contributed by atoms with Crippen molar-refractivity contribution in [2.45, 2.75) is 33.1 Å². The third-order valence-electron chi connectivity index (χ3n) is 5.37. The second-order valence-corrected chi connectivity index (χ2v) is 8.68. The molecular weight excluding hydrogens is 356 g/mol. The Labute approximate surface area is 165 Å². The molecule has 1 aliphatic heterocycles. The zero-order chi connectivity index (χ0) is 19.4. The minimum Gasteiger partial charge on any atom is -0.359 e. The van der Waals surface area contributed by atoms with Crippen LogP contribution in [0.1, 0.15) is 32.3 Å². The van der Waals surface area contributed by atoms with Crippen LogP contribution in [0, 0.1) is 11.3 Å². The van der Waals surface area contributed by atoms with Gasteiger partial charge in [0.15, 0.2) is 0 Å². The molecule has 5 heteroatoms. The van der Waals surface area contributed by atoms with Crippen LogP contribution in [-0.4, -0.2) is 36.9 Å². The number of hydrogen-bond acceptors (Lipinski definition) is 3. The summed E-state index contributed by atoms with van der Waals surface area (Å²) in [4.78, 5) is 28.6. The maximum Gasteiger partial charge on any atom is 0.228 e. The Morgan fingerprint density at radius 3 is 2.74 bits per heavy atom. The summed E-state index contributed by atoms with van der Waals surface area (Å²) in [7, 11) is 1.69. The Morgan fingerprint density at radius 2 is 2.07 bits per heavy atom. The number of hydrogen-bond donors (Lipinski definition) is 1. The highest BCUT2D eigenvalue weighted by atomic mass is 32.1. The van der Waals surface area contributed by atoms with Crippen LogP contribution in [0.2, 0.25) is 0 Å². The molecule has 1 aliphatic rings. The Bertz CT molecular complexity index is 800. The van der Waals surface area contributed by atoms with Crippen molar-refractivity contribution in [2.75, 3.05) is 20.1 Å². The molecular formula is C22H28N2O2S. The topological polar surface area (TPSA) is 49.4 Å². The van der Waals surface area contributed by atoms with Gasteiger partial charge in [-0.3, -0.25) is 9.59 Å². The van der Waals surface area contributed by atoms with Crippen LogP contribution >= 0.6 is 11.3 Å². The van der Waals surface area contributed by atoms with Crippen molar-refractivity contribution in [3.8, 4) is 10.4 Å². The summed E-state index contributed by atoms with van der Waals surface area (Å²) < 4.78 is 0. The average molecular weight is 385 g/mol. The van der Waals surface area contributed by atoms with E-state index in [1.54, 1.807) is 18.4 Å². The quantitative estimate of drug-likeness (QED) is 0.848. The Balaban J connectivity index is 1.88. The van der Waals surface area contributed by atoms with Gasteiger partial charge in [0.1, 0.15) is 0 Å². The minimum absolute atomic E-state index is 0.0327. The Morgan fingerprint density at radius 1 is 1.26 bits per heavy atom. The van der Waals surface area contributed by atoms with Gasteiger partial charge in [-0.2, -0.15) is 0 Å². The number of nitrogens with one attached hydrogen (secondary N) is 1. The van der Waals surface area contributed by atoms with Crippen LogP contribution in [0.3, 0.4) is 0 Å². The summed E-state index contributed by atoms with van der Waals surface area (Å²) in [5.41, 5.74) is 1.76. The summed E-state index contributed by atoms with van der Waals surface area (Å²) in [6.07, 6.45) is 2.31. The van der Waals surface area contributed by atoms with Crippen molar-refractivity contribution in [3.05, 3.63) is 47.3 Å². The predicted molar refractivity (Wildman–Crippen MR) is 111 cm³/mol. The first-order valence-electron chi connectivity index (χ1n) is 9.59. The van der Waals surface area contributed by atoms with Gasteiger partial charge in [0.2, 0.25) is 11.8 Å². The number of thiophene rings is 1. The molecule has 0 unspecified atom stereocenters. The van der Waals surface area contributed by atoms with Crippen LogP contribution in [0.4, 0.5) is 0 Å². The van der Waals surface area contributed by atoms with E-state index in [0.717, 1.165) is 24.9 Å². The van der Waals surface area contributed by atoms with E-state index in [2.05, 4.69) is 47.1 Å². The molecule has 1 fully saturated rings. The summed E-state index contributed by atoms with van der Waals surface area (Å²) >= 11 is 1.72. The largest absolute Gasteiger partial charge is 0.359 e. The van der Waals surface area contributed by atoms with Crippen molar-refractivity contribution in [2.24, 2.45) is 11.3 Å². The summed E-state index contributed by atoms with van der Waals surface area (Å²) in [6, 6.07) is 12.6. The van der Waals surface area contributed by atoms with Gasteiger partial charge in [-0.05, 0) is 41.8 Å². The number of rotatable bonds is 5. The first-order valence-corrected chi connectivity index (χ1v) is 10.5. The van der Waals surface area contributed by atoms with E-state index in [1.807, 2.05) is 18.7 Å². The third-order valence-corrected chi connectivity index (χ3v) is 6.29. The number of nitrogens with zero attached hydrogens (tertiary/aromatic N) is 1. The van der Waals surface area contributed by atoms with Gasteiger partial charge in [-0.25, -0.2) is 0 Å². The number of amides is 2. The molecule has 3 rings (SSSR count). The van der Waals surface area contributed by atoms with Crippen molar-refractivity contribution >= 4 is 23.2 Å². The molecule has 0 saturated carbocycles. The SMILES string of the molecule is CNC(=O)[C@@]1(Cc2cccc(-c3cccs3)c2)CCCN(C(=O)C(C)C)C1. The highest BCUT2D eigenvalue weighted by Gasteiger charge is 2.43. The molecule has 27 heavy (non-hydrogen) atoms. The zero-order valence-electron chi connectivity index (χ0n) is 16.3. The monoisotopic (exact) mass is 384 g/mol. The molecule has 1 aromatic heterocycles. The van der Waals surface area contributed by atoms with E-state index in [4.69, 9.17) is 0 Å². The first kappa shape index (κ1) is 19.6. The highest BCUT2D eigenvalue weighted by Crippen LogP contribution is 2.36. The summed E-state index contributed by atoms with van der Waals surface area (Å²) in [5, 5.41) is 4.93. The highest BCUT2D eigenvalue weighted by molar-refractivity contribution is 7.13. The van der Waals surface area contributed by atoms with Gasteiger partial charge in [0, 0.05) is 30.9 Å². The summed E-state index contributed by atoms with van der Waals surface area (Å²) in [6.45, 7) is 5.07. The molecule has 0 bridgehead atoms. The van der Waals surface area contributed by atoms with Gasteiger partial charge in [0.05, 0.1) is 5.41 Å². The molecule has 0 radical (unpaired) electrons. The van der Waals surface area contributed by atoms with Crippen LogP contribution in [0.15, 0.2) is 41.8 Å². The maximum atomic E-state index is 12.9. The molecule has 1 aromatic carbocycles. The molecule has 2 amide bonds. The third kappa shape index (κ3) is 4.24. The fourth-order valence-corrected chi connectivity index (χ4v) is 4.75. The van der Waals surface area contributed by atoms with Crippen molar-refractivity contribution in [3.63, 3.8) is 0 Å². The van der Waals surface area contributed by atoms with Crippen molar-refractivity contribution in [1.82, 2.24) is 10.2 Å². The lowest BCUT2D eigenvalue weighted by Crippen LogP contribution is -2.54. The maximum absolute atomic E-state index is 12.9. The van der Waals surface area contributed by atoms with Crippen molar-refractivity contribution in [1.29, 1.82) is 0 Å². The van der Waals surface area contributed by atoms with Crippen LogP contribution < -0.4 is 5.32 Å². The van der Waals surface area contributed by atoms with E-state index >= 15 is 0 Å². The van der Waals surface area contributed by atoms with Crippen LogP contribution in [0.5, 0.6) is 0 Å². The lowest BCUT2D eigenvalue weighted by Gasteiger charge is -2.42. The molecule has 1 atom stereocenters. The van der Waals surface area contributed by atoms with Gasteiger partial charge >= 0.3 is 0 Å². The second-order valence-electron chi connectivity index (χ2n) is 7.73. The smallest absolute Gasteiger partial charge is 0.228 e. The Kier molecular flexibility index (Phi) is 6.00. The fourth-order valence-electron chi connectivity index (χ4n) is 4.03. The standard InChI is InChI=1S/C22H28N2O2S/c1-16(2)20(25)24-11-6-10-22(15-24,21(26)23-3)14-17-7-4-8-18(13-17)19-9-5-12-27-19/h4-5,7-9,12-13,16H,6,10-11,14-15H2,1-3H3,(H,23,26)/t22-/m1/s1. The fraction of sp³-hybridized carbons (Fsp3) is 0.455. The number of benzene rings is 1. The molecule has 2 heterocycles. The molecule has 4 nitrogen and oxygen atoms in total. The van der Waals surface area contributed by atoms with Gasteiger partial charge in [-0.15, -0.1) is 11.3 Å². The molecule has 2 aromatic rings. The lowest BCUT2D eigenvalue weighted by atomic mass is 9.74. The lowest BCUT2D eigenvalue weighted by molar-refractivity contribution is -0.143. The van der Waals surface area contributed by atoms with E-state index in [1.165, 1.54) is 10.4 Å². The molecule has 1 N–H and O–H groups in total. The number of likely N-dealkylation sites (tertiary alicyclic amines) is 1. The number of carbonyl (C=O) groups excluding carboxylic acids is 2. The zero-order valence-corrected chi connectivity index (χ0v) is 17.1. The Hall–Kier alpha value is -2.14. The van der Waals surface area contributed by atoms with Gasteiger partial charge < -0.3 is 10.2 Å². The molecule has 0 spiro atoms. The van der Waals surface area contributed by atoms with E-state index < -0.39 is 5.41 Å². The van der Waals surface area contributed by atoms with E-state index in [-0.39, 0.29) is 17.7 Å². The van der Waals surface area contributed by atoms with Crippen molar-refractivity contribution < 1.29 is 9.59 Å². The van der Waals surface area contributed by atoms with E-state index in [9.17, 15) is 9.59 Å². The van der Waals surface area contributed by atoms with Gasteiger partial charge in [-0.1, -0.05) is 44.2 Å². The normalized spacial score (nSPS) is 19.9. The van der Waals surface area contributed by atoms with Gasteiger partial charge in [0.25, 0.3) is 0 Å². The number of carbonyl (C=O) groups is 2. The molecule has 0 aliphatic carbocycles. The van der Waals surface area contributed by atoms with Crippen LogP contribution in [0.25, 0.3) is 10.4 Å². The predicted octanol–water partition coefficient (Wildman–Crippen LogP) is 3.97. The summed E-state index contributed by atoms with van der Waals surface area (Å²) in [5.74, 6) is 0.119. The molecule has 1 saturated heterocycles. The second kappa shape index (κ2) is 8.26. The average Bonchev–Trinajstić information content (AvgIpc) is 3.22. The number of piperidine rings is 1. The van der Waals surface area contributed by atoms with E-state index in [0.29, 0.717) is 13.0 Å².